The van der Waals surface area contributed by atoms with Crippen molar-refractivity contribution in [3.63, 3.8) is 0 Å². The Morgan fingerprint density at radius 1 is 0.737 bits per heavy atom. The third-order valence-electron chi connectivity index (χ3n) is 3.71. The minimum Gasteiger partial charge on any atom is -0.372 e. The van der Waals surface area contributed by atoms with Crippen molar-refractivity contribution in [2.75, 3.05) is 18.0 Å². The Kier molecular flexibility index (Phi) is 8.36. The van der Waals surface area contributed by atoms with Crippen LogP contribution in [0.3, 0.4) is 0 Å². The minimum atomic E-state index is 1.21. The van der Waals surface area contributed by atoms with Crippen LogP contribution in [0.15, 0.2) is 24.3 Å². The van der Waals surface area contributed by atoms with Crippen molar-refractivity contribution in [3.05, 3.63) is 29.8 Å². The quantitative estimate of drug-likeness (QED) is 0.497. The molecule has 0 saturated carbocycles. The van der Waals surface area contributed by atoms with E-state index in [4.69, 9.17) is 0 Å². The highest BCUT2D eigenvalue weighted by molar-refractivity contribution is 5.47. The van der Waals surface area contributed by atoms with Gasteiger partial charge in [-0.25, -0.2) is 0 Å². The topological polar surface area (TPSA) is 3.24 Å². The zero-order valence-electron chi connectivity index (χ0n) is 13.1. The largest absolute Gasteiger partial charge is 0.372 e. The Bertz CT molecular complexity index is 315. The van der Waals surface area contributed by atoms with Crippen LogP contribution in [0.5, 0.6) is 0 Å². The first-order chi connectivity index (χ1) is 9.27. The second kappa shape index (κ2) is 9.89. The van der Waals surface area contributed by atoms with Gasteiger partial charge in [-0.2, -0.15) is 0 Å². The van der Waals surface area contributed by atoms with E-state index >= 15 is 0 Å². The van der Waals surface area contributed by atoms with E-state index in [1.807, 2.05) is 0 Å². The van der Waals surface area contributed by atoms with Crippen molar-refractivity contribution in [1.82, 2.24) is 0 Å². The molecule has 0 radical (unpaired) electrons. The summed E-state index contributed by atoms with van der Waals surface area (Å²) in [5.74, 6) is 0. The maximum atomic E-state index is 2.57. The number of anilines is 1. The molecule has 0 spiro atoms. The number of rotatable bonds is 10. The van der Waals surface area contributed by atoms with Crippen molar-refractivity contribution in [1.29, 1.82) is 0 Å². The van der Waals surface area contributed by atoms with Gasteiger partial charge in [0.1, 0.15) is 0 Å². The zero-order valence-corrected chi connectivity index (χ0v) is 13.1. The van der Waals surface area contributed by atoms with Gasteiger partial charge < -0.3 is 4.90 Å². The molecule has 0 aromatic heterocycles. The molecule has 1 nitrogen and oxygen atoms in total. The fourth-order valence-corrected chi connectivity index (χ4v) is 2.41. The number of unbranched alkanes of at least 4 members (excludes halogenated alkanes) is 5. The average molecular weight is 261 g/mol. The number of benzene rings is 1. The Morgan fingerprint density at radius 2 is 1.26 bits per heavy atom. The van der Waals surface area contributed by atoms with E-state index in [-0.39, 0.29) is 0 Å². The lowest BCUT2D eigenvalue weighted by atomic mass is 10.1. The molecular formula is C18H31N. The van der Waals surface area contributed by atoms with Crippen molar-refractivity contribution >= 4 is 5.69 Å². The van der Waals surface area contributed by atoms with Crippen LogP contribution in [-0.2, 0) is 0 Å². The molecular weight excluding hydrogens is 230 g/mol. The number of hydrogen-bond acceptors (Lipinski definition) is 1. The molecule has 0 aliphatic rings. The smallest absolute Gasteiger partial charge is 0.0366 e. The van der Waals surface area contributed by atoms with Gasteiger partial charge in [0.25, 0.3) is 0 Å². The van der Waals surface area contributed by atoms with Crippen LogP contribution in [-0.4, -0.2) is 13.1 Å². The third-order valence-corrected chi connectivity index (χ3v) is 3.71. The van der Waals surface area contributed by atoms with Crippen LogP contribution in [0, 0.1) is 6.92 Å². The summed E-state index contributed by atoms with van der Waals surface area (Å²) in [5, 5.41) is 0. The first-order valence-corrected chi connectivity index (χ1v) is 8.09. The molecule has 0 bridgehead atoms. The predicted octanol–water partition coefficient (Wildman–Crippen LogP) is 5.57. The lowest BCUT2D eigenvalue weighted by Crippen LogP contribution is -2.25. The standard InChI is InChI=1S/C18H31N/c1-4-6-8-10-16-19(15-9-7-5-2)18-13-11-17(3)12-14-18/h11-14H,4-10,15-16H2,1-3H3. The van der Waals surface area contributed by atoms with Crippen LogP contribution < -0.4 is 4.90 Å². The van der Waals surface area contributed by atoms with Gasteiger partial charge in [-0.15, -0.1) is 0 Å². The molecule has 0 N–H and O–H groups in total. The van der Waals surface area contributed by atoms with Crippen molar-refractivity contribution in [3.8, 4) is 0 Å². The van der Waals surface area contributed by atoms with Crippen LogP contribution in [0.2, 0.25) is 0 Å². The molecule has 0 aliphatic heterocycles. The van der Waals surface area contributed by atoms with Gasteiger partial charge in [0.05, 0.1) is 0 Å². The van der Waals surface area contributed by atoms with E-state index in [0.717, 1.165) is 0 Å². The van der Waals surface area contributed by atoms with E-state index in [2.05, 4.69) is 49.9 Å². The molecule has 1 heteroatoms. The highest BCUT2D eigenvalue weighted by Crippen LogP contribution is 2.17. The molecule has 0 heterocycles. The molecule has 0 fully saturated rings. The molecule has 0 saturated heterocycles. The first kappa shape index (κ1) is 16.1. The summed E-state index contributed by atoms with van der Waals surface area (Å²) in [6, 6.07) is 9.02. The molecule has 0 amide bonds. The van der Waals surface area contributed by atoms with Gasteiger partial charge in [0, 0.05) is 18.8 Å². The predicted molar refractivity (Wildman–Crippen MR) is 87.1 cm³/mol. The summed E-state index contributed by atoms with van der Waals surface area (Å²) in [4.78, 5) is 2.57. The third kappa shape index (κ3) is 6.66. The van der Waals surface area contributed by atoms with Gasteiger partial charge in [-0.05, 0) is 31.9 Å². The van der Waals surface area contributed by atoms with Gasteiger partial charge in [0.15, 0.2) is 0 Å². The summed E-state index contributed by atoms with van der Waals surface area (Å²) in [6.07, 6.45) is 9.35. The Balaban J connectivity index is 2.49. The van der Waals surface area contributed by atoms with Gasteiger partial charge in [-0.3, -0.25) is 0 Å². The van der Waals surface area contributed by atoms with E-state index in [1.54, 1.807) is 0 Å². The number of hydrogen-bond donors (Lipinski definition) is 0. The van der Waals surface area contributed by atoms with Gasteiger partial charge in [0.2, 0.25) is 0 Å². The molecule has 0 aliphatic carbocycles. The Hall–Kier alpha value is -0.980. The normalized spacial score (nSPS) is 10.7. The fraction of sp³-hybridized carbons (Fsp3) is 0.667. The summed E-state index contributed by atoms with van der Waals surface area (Å²) in [7, 11) is 0. The molecule has 1 aromatic rings. The van der Waals surface area contributed by atoms with E-state index in [9.17, 15) is 0 Å². The van der Waals surface area contributed by atoms with Gasteiger partial charge in [-0.1, -0.05) is 63.6 Å². The SMILES string of the molecule is CCCCCCN(CCCCC)c1ccc(C)cc1. The summed E-state index contributed by atoms with van der Waals surface area (Å²) >= 11 is 0. The second-order valence-electron chi connectivity index (χ2n) is 5.59. The number of nitrogens with zero attached hydrogens (tertiary/aromatic N) is 1. The highest BCUT2D eigenvalue weighted by atomic mass is 15.1. The maximum Gasteiger partial charge on any atom is 0.0366 e. The second-order valence-corrected chi connectivity index (χ2v) is 5.59. The van der Waals surface area contributed by atoms with Crippen LogP contribution in [0.25, 0.3) is 0 Å². The Labute approximate surface area is 120 Å². The van der Waals surface area contributed by atoms with E-state index in [1.165, 1.54) is 69.3 Å². The van der Waals surface area contributed by atoms with Crippen molar-refractivity contribution in [2.24, 2.45) is 0 Å². The molecule has 1 rings (SSSR count). The number of aryl methyl sites for hydroxylation is 1. The molecule has 108 valence electrons. The first-order valence-electron chi connectivity index (χ1n) is 8.09. The van der Waals surface area contributed by atoms with Crippen molar-refractivity contribution < 1.29 is 0 Å². The molecule has 1 aromatic carbocycles. The summed E-state index contributed by atoms with van der Waals surface area (Å²) in [6.45, 7) is 9.14. The van der Waals surface area contributed by atoms with Crippen LogP contribution in [0.4, 0.5) is 5.69 Å². The highest BCUT2D eigenvalue weighted by Gasteiger charge is 2.05. The van der Waals surface area contributed by atoms with E-state index in [0.29, 0.717) is 0 Å². The monoisotopic (exact) mass is 261 g/mol. The zero-order chi connectivity index (χ0) is 13.9. The average Bonchev–Trinajstić information content (AvgIpc) is 2.43. The van der Waals surface area contributed by atoms with Crippen molar-refractivity contribution in [2.45, 2.75) is 65.7 Å². The van der Waals surface area contributed by atoms with Crippen LogP contribution >= 0.6 is 0 Å². The minimum absolute atomic E-state index is 1.21. The maximum absolute atomic E-state index is 2.57. The lowest BCUT2D eigenvalue weighted by Gasteiger charge is -2.25. The molecule has 0 unspecified atom stereocenters. The van der Waals surface area contributed by atoms with E-state index < -0.39 is 0 Å². The molecule has 19 heavy (non-hydrogen) atoms. The van der Waals surface area contributed by atoms with Crippen LogP contribution in [0.1, 0.15) is 64.4 Å². The summed E-state index contributed by atoms with van der Waals surface area (Å²) in [5.41, 5.74) is 2.75. The fourth-order valence-electron chi connectivity index (χ4n) is 2.41. The lowest BCUT2D eigenvalue weighted by molar-refractivity contribution is 0.620. The molecule has 0 atom stereocenters. The summed E-state index contributed by atoms with van der Waals surface area (Å²) < 4.78 is 0. The van der Waals surface area contributed by atoms with Gasteiger partial charge >= 0.3 is 0 Å². The Morgan fingerprint density at radius 3 is 1.84 bits per heavy atom.